The average molecular weight is 423 g/mol. The Morgan fingerprint density at radius 3 is 2.28 bits per heavy atom. The van der Waals surface area contributed by atoms with E-state index in [9.17, 15) is 28.1 Å². The van der Waals surface area contributed by atoms with Gasteiger partial charge >= 0.3 is 6.18 Å². The highest BCUT2D eigenvalue weighted by molar-refractivity contribution is 8.00. The van der Waals surface area contributed by atoms with Crippen molar-refractivity contribution in [1.29, 1.82) is 5.26 Å². The summed E-state index contributed by atoms with van der Waals surface area (Å²) in [6, 6.07) is 13.3. The van der Waals surface area contributed by atoms with Crippen molar-refractivity contribution in [2.75, 3.05) is 6.54 Å². The molecule has 0 heterocycles. The molecule has 0 aliphatic heterocycles. The fraction of sp³-hybridized carbons (Fsp3) is 0.263. The number of amides is 1. The van der Waals surface area contributed by atoms with E-state index < -0.39 is 28.8 Å². The molecule has 0 spiro atoms. The van der Waals surface area contributed by atoms with Gasteiger partial charge in [-0.25, -0.2) is 0 Å². The van der Waals surface area contributed by atoms with Crippen LogP contribution >= 0.6 is 11.8 Å². The molecular formula is C19H16F3N3O3S. The molecule has 0 saturated heterocycles. The first-order valence-corrected chi connectivity index (χ1v) is 9.22. The number of hydrogen-bond donors (Lipinski definition) is 0. The van der Waals surface area contributed by atoms with Crippen LogP contribution in [0.4, 0.5) is 18.9 Å². The van der Waals surface area contributed by atoms with Gasteiger partial charge in [-0.2, -0.15) is 18.4 Å². The number of rotatable bonds is 7. The number of benzene rings is 2. The van der Waals surface area contributed by atoms with Crippen LogP contribution in [0.3, 0.4) is 0 Å². The van der Waals surface area contributed by atoms with E-state index in [-0.39, 0.29) is 12.2 Å². The maximum atomic E-state index is 13.0. The minimum atomic E-state index is -4.57. The molecular weight excluding hydrogens is 407 g/mol. The topological polar surface area (TPSA) is 87.2 Å². The Balaban J connectivity index is 2.14. The fourth-order valence-electron chi connectivity index (χ4n) is 2.49. The summed E-state index contributed by atoms with van der Waals surface area (Å²) in [4.78, 5) is 24.0. The summed E-state index contributed by atoms with van der Waals surface area (Å²) >= 11 is 1.02. The molecule has 10 heteroatoms. The van der Waals surface area contributed by atoms with Crippen molar-refractivity contribution in [3.05, 3.63) is 69.8 Å². The van der Waals surface area contributed by atoms with Crippen molar-refractivity contribution in [1.82, 2.24) is 4.90 Å². The molecule has 0 N–H and O–H groups in total. The molecule has 0 bridgehead atoms. The first-order chi connectivity index (χ1) is 13.6. The first kappa shape index (κ1) is 22.2. The minimum Gasteiger partial charge on any atom is -0.328 e. The Labute approximate surface area is 169 Å². The maximum absolute atomic E-state index is 13.0. The van der Waals surface area contributed by atoms with Gasteiger partial charge in [-0.15, -0.1) is 11.8 Å². The second kappa shape index (κ2) is 9.43. The van der Waals surface area contributed by atoms with Crippen LogP contribution in [0.2, 0.25) is 0 Å². The molecule has 152 valence electrons. The first-order valence-electron chi connectivity index (χ1n) is 8.35. The summed E-state index contributed by atoms with van der Waals surface area (Å²) < 4.78 is 39.0. The lowest BCUT2D eigenvalue weighted by Crippen LogP contribution is -2.42. The number of nitriles is 1. The number of nitro groups is 1. The summed E-state index contributed by atoms with van der Waals surface area (Å²) in [6.45, 7) is -0.178. The number of nitro benzene ring substituents is 1. The van der Waals surface area contributed by atoms with Gasteiger partial charge in [0.2, 0.25) is 5.91 Å². The van der Waals surface area contributed by atoms with Crippen LogP contribution in [-0.4, -0.2) is 33.7 Å². The molecule has 2 aromatic rings. The maximum Gasteiger partial charge on any atom is 0.406 e. The number of alkyl halides is 3. The summed E-state index contributed by atoms with van der Waals surface area (Å²) in [5.74, 6) is -0.713. The van der Waals surface area contributed by atoms with Crippen molar-refractivity contribution >= 4 is 23.4 Å². The lowest BCUT2D eigenvalue weighted by atomic mass is 10.1. The molecule has 0 aliphatic rings. The van der Waals surface area contributed by atoms with Gasteiger partial charge in [0.05, 0.1) is 21.8 Å². The van der Waals surface area contributed by atoms with Gasteiger partial charge in [0.25, 0.3) is 5.69 Å². The van der Waals surface area contributed by atoms with Crippen LogP contribution in [0.1, 0.15) is 18.1 Å². The van der Waals surface area contributed by atoms with E-state index >= 15 is 0 Å². The molecule has 29 heavy (non-hydrogen) atoms. The predicted molar refractivity (Wildman–Crippen MR) is 101 cm³/mol. The monoisotopic (exact) mass is 423 g/mol. The van der Waals surface area contributed by atoms with Crippen LogP contribution in [0.5, 0.6) is 0 Å². The van der Waals surface area contributed by atoms with E-state index in [1.165, 1.54) is 55.5 Å². The second-order valence-corrected chi connectivity index (χ2v) is 7.54. The van der Waals surface area contributed by atoms with E-state index in [1.54, 1.807) is 0 Å². The molecule has 0 saturated carbocycles. The van der Waals surface area contributed by atoms with Crippen molar-refractivity contribution in [3.8, 4) is 6.07 Å². The van der Waals surface area contributed by atoms with Gasteiger partial charge in [0, 0.05) is 23.6 Å². The van der Waals surface area contributed by atoms with Crippen molar-refractivity contribution < 1.29 is 22.9 Å². The molecule has 6 nitrogen and oxygen atoms in total. The Morgan fingerprint density at radius 2 is 1.79 bits per heavy atom. The predicted octanol–water partition coefficient (Wildman–Crippen LogP) is 4.54. The summed E-state index contributed by atoms with van der Waals surface area (Å²) in [5, 5.41) is 18.7. The zero-order valence-electron chi connectivity index (χ0n) is 15.2. The van der Waals surface area contributed by atoms with E-state index in [0.29, 0.717) is 20.9 Å². The fourth-order valence-corrected chi connectivity index (χ4v) is 3.44. The quantitative estimate of drug-likeness (QED) is 0.371. The molecule has 1 unspecified atom stereocenters. The number of thioether (sulfide) groups is 1. The van der Waals surface area contributed by atoms with Gasteiger partial charge in [-0.1, -0.05) is 12.1 Å². The summed E-state index contributed by atoms with van der Waals surface area (Å²) in [7, 11) is 0. The Hall–Kier alpha value is -3.06. The van der Waals surface area contributed by atoms with Crippen molar-refractivity contribution in [2.45, 2.75) is 29.8 Å². The number of halogens is 3. The minimum absolute atomic E-state index is 0.118. The molecule has 0 aliphatic carbocycles. The third-order valence-electron chi connectivity index (χ3n) is 3.85. The van der Waals surface area contributed by atoms with Gasteiger partial charge in [0.15, 0.2) is 0 Å². The van der Waals surface area contributed by atoms with E-state index in [1.807, 2.05) is 6.07 Å². The number of carbonyl (C=O) groups excluding carboxylic acids is 1. The second-order valence-electron chi connectivity index (χ2n) is 6.13. The Morgan fingerprint density at radius 1 is 1.21 bits per heavy atom. The Bertz CT molecular complexity index is 910. The molecule has 1 amide bonds. The zero-order valence-corrected chi connectivity index (χ0v) is 16.0. The lowest BCUT2D eigenvalue weighted by Gasteiger charge is -2.26. The highest BCUT2D eigenvalue weighted by Gasteiger charge is 2.34. The third kappa shape index (κ3) is 6.80. The van der Waals surface area contributed by atoms with E-state index in [2.05, 4.69) is 0 Å². The van der Waals surface area contributed by atoms with Crippen LogP contribution in [0.15, 0.2) is 53.4 Å². The SMILES string of the molecule is CC(Sc1ccc([N+](=O)[O-])cc1)C(=O)N(Cc1ccc(C#N)cc1)CC(F)(F)F. The molecule has 2 rings (SSSR count). The standard InChI is InChI=1S/C19H16F3N3O3S/c1-13(29-17-8-6-16(7-9-17)25(27)28)18(26)24(12-19(20,21)22)11-15-4-2-14(10-23)3-5-15/h2-9,13H,11-12H2,1H3. The highest BCUT2D eigenvalue weighted by atomic mass is 32.2. The normalized spacial score (nSPS) is 12.1. The molecule has 0 radical (unpaired) electrons. The van der Waals surface area contributed by atoms with Gasteiger partial charge in [-0.3, -0.25) is 14.9 Å². The van der Waals surface area contributed by atoms with E-state index in [0.717, 1.165) is 11.8 Å². The largest absolute Gasteiger partial charge is 0.406 e. The lowest BCUT2D eigenvalue weighted by molar-refractivity contribution is -0.384. The van der Waals surface area contributed by atoms with Crippen LogP contribution in [0, 0.1) is 21.4 Å². The van der Waals surface area contributed by atoms with Crippen LogP contribution in [0.25, 0.3) is 0 Å². The zero-order chi connectivity index (χ0) is 21.6. The third-order valence-corrected chi connectivity index (χ3v) is 4.95. The number of carbonyl (C=O) groups is 1. The summed E-state index contributed by atoms with van der Waals surface area (Å²) in [6.07, 6.45) is -4.57. The van der Waals surface area contributed by atoms with Crippen molar-refractivity contribution in [3.63, 3.8) is 0 Å². The van der Waals surface area contributed by atoms with Gasteiger partial charge in [0.1, 0.15) is 6.54 Å². The number of hydrogen-bond acceptors (Lipinski definition) is 5. The Kier molecular flexibility index (Phi) is 7.23. The molecule has 2 aromatic carbocycles. The molecule has 1 atom stereocenters. The average Bonchev–Trinajstić information content (AvgIpc) is 2.66. The van der Waals surface area contributed by atoms with Crippen LogP contribution < -0.4 is 0 Å². The number of non-ortho nitro benzene ring substituents is 1. The number of nitrogens with zero attached hydrogens (tertiary/aromatic N) is 3. The van der Waals surface area contributed by atoms with Crippen molar-refractivity contribution in [2.24, 2.45) is 0 Å². The van der Waals surface area contributed by atoms with E-state index in [4.69, 9.17) is 5.26 Å². The summed E-state index contributed by atoms with van der Waals surface area (Å²) in [5.41, 5.74) is 0.714. The highest BCUT2D eigenvalue weighted by Crippen LogP contribution is 2.28. The molecule has 0 fully saturated rings. The van der Waals surface area contributed by atoms with Gasteiger partial charge < -0.3 is 4.90 Å². The molecule has 0 aromatic heterocycles. The van der Waals surface area contributed by atoms with Gasteiger partial charge in [-0.05, 0) is 36.8 Å². The smallest absolute Gasteiger partial charge is 0.328 e. The van der Waals surface area contributed by atoms with Crippen LogP contribution in [-0.2, 0) is 11.3 Å².